The molecule has 2 N–H and O–H groups in total. The second-order valence-electron chi connectivity index (χ2n) is 6.27. The fourth-order valence-corrected chi connectivity index (χ4v) is 3.59. The first kappa shape index (κ1) is 17.7. The monoisotopic (exact) mass is 365 g/mol. The van der Waals surface area contributed by atoms with Gasteiger partial charge in [0, 0.05) is 5.56 Å². The first-order valence-electron chi connectivity index (χ1n) is 8.21. The van der Waals surface area contributed by atoms with Gasteiger partial charge in [-0.25, -0.2) is 8.78 Å². The quantitative estimate of drug-likeness (QED) is 0.750. The largest absolute Gasteiger partial charge is 0.507 e. The molecule has 6 heteroatoms. The second kappa shape index (κ2) is 7.40. The van der Waals surface area contributed by atoms with E-state index >= 15 is 0 Å². The average Bonchev–Trinajstić information content (AvgIpc) is 3.12. The molecule has 0 saturated heterocycles. The Morgan fingerprint density at radius 3 is 2.52 bits per heavy atom. The van der Waals surface area contributed by atoms with Crippen molar-refractivity contribution in [1.29, 1.82) is 0 Å². The van der Waals surface area contributed by atoms with Crippen LogP contribution in [-0.4, -0.2) is 11.0 Å². The number of halogens is 3. The first-order chi connectivity index (χ1) is 12.0. The SMILES string of the molecule is O=C(NC(c1c(F)ccc(Cl)c1F)C1CCCC1)c1ccccc1O. The van der Waals surface area contributed by atoms with Crippen molar-refractivity contribution in [2.45, 2.75) is 31.7 Å². The van der Waals surface area contributed by atoms with Crippen LogP contribution in [0.25, 0.3) is 0 Å². The number of nitrogens with one attached hydrogen (secondary N) is 1. The Hall–Kier alpha value is -2.14. The van der Waals surface area contributed by atoms with Crippen LogP contribution < -0.4 is 5.32 Å². The van der Waals surface area contributed by atoms with Gasteiger partial charge in [-0.2, -0.15) is 0 Å². The number of hydrogen-bond acceptors (Lipinski definition) is 2. The van der Waals surface area contributed by atoms with E-state index in [2.05, 4.69) is 5.32 Å². The lowest BCUT2D eigenvalue weighted by Crippen LogP contribution is -2.34. The lowest BCUT2D eigenvalue weighted by atomic mass is 9.90. The fraction of sp³-hybridized carbons (Fsp3) is 0.316. The molecule has 25 heavy (non-hydrogen) atoms. The topological polar surface area (TPSA) is 49.3 Å². The fourth-order valence-electron chi connectivity index (χ4n) is 3.43. The summed E-state index contributed by atoms with van der Waals surface area (Å²) in [6.07, 6.45) is 3.41. The number of aromatic hydroxyl groups is 1. The highest BCUT2D eigenvalue weighted by Gasteiger charge is 2.33. The minimum Gasteiger partial charge on any atom is -0.507 e. The molecule has 0 aromatic heterocycles. The maximum Gasteiger partial charge on any atom is 0.255 e. The minimum atomic E-state index is -0.851. The zero-order valence-corrected chi connectivity index (χ0v) is 14.2. The van der Waals surface area contributed by atoms with Crippen LogP contribution in [-0.2, 0) is 0 Å². The van der Waals surface area contributed by atoms with Crippen LogP contribution in [0.2, 0.25) is 5.02 Å². The number of phenols is 1. The average molecular weight is 366 g/mol. The van der Waals surface area contributed by atoms with Crippen LogP contribution >= 0.6 is 11.6 Å². The van der Waals surface area contributed by atoms with E-state index in [0.717, 1.165) is 37.8 Å². The van der Waals surface area contributed by atoms with E-state index in [-0.39, 0.29) is 27.8 Å². The molecule has 0 aliphatic heterocycles. The summed E-state index contributed by atoms with van der Waals surface area (Å²) in [5, 5.41) is 12.4. The van der Waals surface area contributed by atoms with Gasteiger partial charge in [0.15, 0.2) is 0 Å². The van der Waals surface area contributed by atoms with Gasteiger partial charge in [0.25, 0.3) is 5.91 Å². The number of carbonyl (C=O) groups is 1. The maximum absolute atomic E-state index is 14.5. The maximum atomic E-state index is 14.5. The third-order valence-electron chi connectivity index (χ3n) is 4.70. The van der Waals surface area contributed by atoms with E-state index < -0.39 is 23.6 Å². The number of phenolic OH excluding ortho intramolecular Hbond substituents is 1. The predicted octanol–water partition coefficient (Wildman–Crippen LogP) is 4.99. The highest BCUT2D eigenvalue weighted by molar-refractivity contribution is 6.30. The van der Waals surface area contributed by atoms with E-state index in [1.807, 2.05) is 0 Å². The molecule has 1 saturated carbocycles. The van der Waals surface area contributed by atoms with Crippen LogP contribution in [0.4, 0.5) is 8.78 Å². The number of hydrogen-bond donors (Lipinski definition) is 2. The zero-order chi connectivity index (χ0) is 18.0. The van der Waals surface area contributed by atoms with Crippen LogP contribution in [0.15, 0.2) is 36.4 Å². The van der Waals surface area contributed by atoms with Crippen LogP contribution in [0.5, 0.6) is 5.75 Å². The van der Waals surface area contributed by atoms with Crippen molar-refractivity contribution in [2.75, 3.05) is 0 Å². The summed E-state index contributed by atoms with van der Waals surface area (Å²) in [6.45, 7) is 0. The summed E-state index contributed by atoms with van der Waals surface area (Å²) in [5.74, 6) is -2.43. The first-order valence-corrected chi connectivity index (χ1v) is 8.59. The van der Waals surface area contributed by atoms with Gasteiger partial charge in [-0.15, -0.1) is 0 Å². The van der Waals surface area contributed by atoms with E-state index in [1.165, 1.54) is 12.1 Å². The molecule has 0 radical (unpaired) electrons. The summed E-state index contributed by atoms with van der Waals surface area (Å²) in [4.78, 5) is 12.6. The van der Waals surface area contributed by atoms with Gasteiger partial charge >= 0.3 is 0 Å². The van der Waals surface area contributed by atoms with Crippen LogP contribution in [0.3, 0.4) is 0 Å². The molecule has 132 valence electrons. The van der Waals surface area contributed by atoms with Gasteiger partial charge in [-0.1, -0.05) is 36.6 Å². The zero-order valence-electron chi connectivity index (χ0n) is 13.4. The van der Waals surface area contributed by atoms with Gasteiger partial charge in [-0.05, 0) is 43.0 Å². The van der Waals surface area contributed by atoms with Crippen molar-refractivity contribution in [3.05, 3.63) is 64.2 Å². The summed E-state index contributed by atoms with van der Waals surface area (Å²) < 4.78 is 28.9. The van der Waals surface area contributed by atoms with Gasteiger partial charge in [0.05, 0.1) is 16.6 Å². The Kier molecular flexibility index (Phi) is 5.23. The van der Waals surface area contributed by atoms with Crippen molar-refractivity contribution in [3.8, 4) is 5.75 Å². The van der Waals surface area contributed by atoms with E-state index in [1.54, 1.807) is 12.1 Å². The summed E-state index contributed by atoms with van der Waals surface area (Å²) in [6, 6.07) is 7.48. The number of para-hydroxylation sites is 1. The third-order valence-corrected chi connectivity index (χ3v) is 4.99. The molecule has 1 atom stereocenters. The molecule has 1 aliphatic rings. The Balaban J connectivity index is 1.98. The van der Waals surface area contributed by atoms with Crippen molar-refractivity contribution < 1.29 is 18.7 Å². The molecule has 0 bridgehead atoms. The molecular weight excluding hydrogens is 348 g/mol. The van der Waals surface area contributed by atoms with Gasteiger partial charge in [0.1, 0.15) is 17.4 Å². The number of carbonyl (C=O) groups excluding carboxylic acids is 1. The Morgan fingerprint density at radius 2 is 1.84 bits per heavy atom. The molecule has 2 aromatic rings. The summed E-state index contributed by atoms with van der Waals surface area (Å²) in [7, 11) is 0. The molecular formula is C19H18ClF2NO2. The van der Waals surface area contributed by atoms with Crippen LogP contribution in [0.1, 0.15) is 47.6 Å². The highest BCUT2D eigenvalue weighted by Crippen LogP contribution is 2.39. The molecule has 2 aromatic carbocycles. The van der Waals surface area contributed by atoms with Gasteiger partial charge in [-0.3, -0.25) is 4.79 Å². The second-order valence-corrected chi connectivity index (χ2v) is 6.68. The smallest absolute Gasteiger partial charge is 0.255 e. The molecule has 3 rings (SSSR count). The molecule has 0 spiro atoms. The third kappa shape index (κ3) is 3.61. The van der Waals surface area contributed by atoms with Gasteiger partial charge < -0.3 is 10.4 Å². The van der Waals surface area contributed by atoms with Crippen molar-refractivity contribution in [3.63, 3.8) is 0 Å². The Morgan fingerprint density at radius 1 is 1.16 bits per heavy atom. The lowest BCUT2D eigenvalue weighted by molar-refractivity contribution is 0.0917. The predicted molar refractivity (Wildman–Crippen MR) is 91.6 cm³/mol. The minimum absolute atomic E-state index is 0.0633. The van der Waals surface area contributed by atoms with E-state index in [4.69, 9.17) is 11.6 Å². The van der Waals surface area contributed by atoms with Gasteiger partial charge in [0.2, 0.25) is 0 Å². The molecule has 1 fully saturated rings. The summed E-state index contributed by atoms with van der Waals surface area (Å²) in [5.41, 5.74) is -0.156. The Bertz CT molecular complexity index is 791. The molecule has 1 unspecified atom stereocenters. The molecule has 1 amide bonds. The van der Waals surface area contributed by atoms with Crippen LogP contribution in [0, 0.1) is 17.6 Å². The highest BCUT2D eigenvalue weighted by atomic mass is 35.5. The van der Waals surface area contributed by atoms with Crippen molar-refractivity contribution >= 4 is 17.5 Å². The lowest BCUT2D eigenvalue weighted by Gasteiger charge is -2.26. The van der Waals surface area contributed by atoms with Crippen molar-refractivity contribution in [2.24, 2.45) is 5.92 Å². The number of amides is 1. The van der Waals surface area contributed by atoms with E-state index in [0.29, 0.717) is 0 Å². The Labute approximate surface area is 149 Å². The normalized spacial score (nSPS) is 16.0. The van der Waals surface area contributed by atoms with Crippen molar-refractivity contribution in [1.82, 2.24) is 5.32 Å². The number of benzene rings is 2. The molecule has 3 nitrogen and oxygen atoms in total. The summed E-state index contributed by atoms with van der Waals surface area (Å²) >= 11 is 5.82. The standard InChI is InChI=1S/C19H18ClF2NO2/c20-13-9-10-14(21)16(17(13)22)18(11-5-1-2-6-11)23-19(25)12-7-3-4-8-15(12)24/h3-4,7-11,18,24H,1-2,5-6H2,(H,23,25). The molecule has 0 heterocycles. The molecule has 1 aliphatic carbocycles. The van der Waals surface area contributed by atoms with E-state index in [9.17, 15) is 18.7 Å². The number of rotatable bonds is 4.